The van der Waals surface area contributed by atoms with Gasteiger partial charge in [-0.15, -0.1) is 22.7 Å². The van der Waals surface area contributed by atoms with Gasteiger partial charge in [0, 0.05) is 19.2 Å². The summed E-state index contributed by atoms with van der Waals surface area (Å²) in [5.41, 5.74) is 0. The van der Waals surface area contributed by atoms with E-state index in [-0.39, 0.29) is 0 Å². The van der Waals surface area contributed by atoms with Gasteiger partial charge in [0.25, 0.3) is 0 Å². The smallest absolute Gasteiger partial charge is 0.0456 e. The highest BCUT2D eigenvalue weighted by Gasteiger charge is 2.04. The van der Waals surface area contributed by atoms with Crippen LogP contribution in [0.5, 0.6) is 0 Å². The van der Waals surface area contributed by atoms with Gasteiger partial charge in [0.15, 0.2) is 0 Å². The first-order valence-corrected chi connectivity index (χ1v) is 7.77. The van der Waals surface area contributed by atoms with E-state index in [1.807, 2.05) is 22.7 Å². The summed E-state index contributed by atoms with van der Waals surface area (Å²) in [6, 6.07) is 4.72. The Kier molecular flexibility index (Phi) is 4.04. The second kappa shape index (κ2) is 5.33. The standard InChI is InChI=1S/C14H20S2/c1-10(2)6-4-5-7-12-9-14-13(16-12)8-11(3)15-14/h8-10H,4-7H2,1-3H3. The lowest BCUT2D eigenvalue weighted by Gasteiger charge is -2.02. The molecular weight excluding hydrogens is 232 g/mol. The van der Waals surface area contributed by atoms with Crippen molar-refractivity contribution < 1.29 is 0 Å². The fraction of sp³-hybridized carbons (Fsp3) is 0.571. The molecule has 0 unspecified atom stereocenters. The average Bonchev–Trinajstić information content (AvgIpc) is 2.68. The molecule has 2 heteroatoms. The maximum Gasteiger partial charge on any atom is 0.0456 e. The first-order valence-electron chi connectivity index (χ1n) is 6.14. The van der Waals surface area contributed by atoms with Gasteiger partial charge in [0.05, 0.1) is 0 Å². The average molecular weight is 252 g/mol. The fourth-order valence-electron chi connectivity index (χ4n) is 1.98. The molecular formula is C14H20S2. The number of fused-ring (bicyclic) bond motifs is 1. The minimum atomic E-state index is 0.856. The number of aryl methyl sites for hydroxylation is 2. The molecule has 0 radical (unpaired) electrons. The predicted molar refractivity (Wildman–Crippen MR) is 76.8 cm³/mol. The molecule has 2 aromatic rings. The third-order valence-corrected chi connectivity index (χ3v) is 5.10. The molecule has 0 spiro atoms. The van der Waals surface area contributed by atoms with Gasteiger partial charge in [0.1, 0.15) is 0 Å². The van der Waals surface area contributed by atoms with E-state index in [1.54, 1.807) is 4.88 Å². The van der Waals surface area contributed by atoms with Gasteiger partial charge < -0.3 is 0 Å². The fourth-order valence-corrected chi connectivity index (χ4v) is 4.37. The maximum absolute atomic E-state index is 2.40. The van der Waals surface area contributed by atoms with Crippen LogP contribution in [0.15, 0.2) is 12.1 Å². The highest BCUT2D eigenvalue weighted by molar-refractivity contribution is 7.27. The van der Waals surface area contributed by atoms with Crippen LogP contribution in [0, 0.1) is 12.8 Å². The van der Waals surface area contributed by atoms with Crippen LogP contribution < -0.4 is 0 Å². The van der Waals surface area contributed by atoms with E-state index in [1.165, 1.54) is 40.0 Å². The van der Waals surface area contributed by atoms with Crippen molar-refractivity contribution in [1.29, 1.82) is 0 Å². The molecule has 0 amide bonds. The van der Waals surface area contributed by atoms with Crippen molar-refractivity contribution in [2.45, 2.75) is 46.5 Å². The van der Waals surface area contributed by atoms with Crippen LogP contribution in [0.2, 0.25) is 0 Å². The van der Waals surface area contributed by atoms with Crippen molar-refractivity contribution >= 4 is 32.1 Å². The Morgan fingerprint density at radius 2 is 1.81 bits per heavy atom. The molecule has 0 nitrogen and oxygen atoms in total. The molecule has 0 saturated heterocycles. The van der Waals surface area contributed by atoms with Crippen LogP contribution in [0.25, 0.3) is 9.40 Å². The topological polar surface area (TPSA) is 0 Å². The van der Waals surface area contributed by atoms with Crippen molar-refractivity contribution in [2.75, 3.05) is 0 Å². The van der Waals surface area contributed by atoms with E-state index in [2.05, 4.69) is 32.9 Å². The quantitative estimate of drug-likeness (QED) is 0.604. The first-order chi connectivity index (χ1) is 7.65. The minimum absolute atomic E-state index is 0.856. The van der Waals surface area contributed by atoms with Crippen molar-refractivity contribution in [3.8, 4) is 0 Å². The summed E-state index contributed by atoms with van der Waals surface area (Å²) in [5, 5.41) is 0. The lowest BCUT2D eigenvalue weighted by atomic mass is 10.1. The molecule has 0 fully saturated rings. The summed E-state index contributed by atoms with van der Waals surface area (Å²) in [4.78, 5) is 3.01. The number of rotatable bonds is 5. The zero-order valence-corrected chi connectivity index (χ0v) is 12.0. The van der Waals surface area contributed by atoms with Gasteiger partial charge in [-0.1, -0.05) is 26.7 Å². The Morgan fingerprint density at radius 3 is 2.50 bits per heavy atom. The molecule has 0 saturated carbocycles. The van der Waals surface area contributed by atoms with Gasteiger partial charge in [-0.25, -0.2) is 0 Å². The zero-order chi connectivity index (χ0) is 11.5. The minimum Gasteiger partial charge on any atom is -0.140 e. The van der Waals surface area contributed by atoms with E-state index in [4.69, 9.17) is 0 Å². The van der Waals surface area contributed by atoms with Crippen LogP contribution in [-0.2, 0) is 6.42 Å². The molecule has 2 heterocycles. The van der Waals surface area contributed by atoms with Gasteiger partial charge in [0.2, 0.25) is 0 Å². The summed E-state index contributed by atoms with van der Waals surface area (Å²) in [6.07, 6.45) is 5.38. The molecule has 16 heavy (non-hydrogen) atoms. The first kappa shape index (κ1) is 12.1. The molecule has 0 aliphatic heterocycles. The van der Waals surface area contributed by atoms with Crippen LogP contribution in [-0.4, -0.2) is 0 Å². The van der Waals surface area contributed by atoms with Gasteiger partial charge in [-0.3, -0.25) is 0 Å². The summed E-state index contributed by atoms with van der Waals surface area (Å²) in [7, 11) is 0. The highest BCUT2D eigenvalue weighted by atomic mass is 32.1. The number of unbranched alkanes of at least 4 members (excludes halogenated alkanes) is 1. The van der Waals surface area contributed by atoms with Gasteiger partial charge in [-0.2, -0.15) is 0 Å². The Hall–Kier alpha value is -0.340. The molecule has 0 bridgehead atoms. The zero-order valence-electron chi connectivity index (χ0n) is 10.4. The largest absolute Gasteiger partial charge is 0.140 e. The summed E-state index contributed by atoms with van der Waals surface area (Å²) in [6.45, 7) is 6.81. The number of thiophene rings is 2. The lowest BCUT2D eigenvalue weighted by Crippen LogP contribution is -1.88. The molecule has 0 N–H and O–H groups in total. The third-order valence-electron chi connectivity index (χ3n) is 2.84. The number of hydrogen-bond donors (Lipinski definition) is 0. The van der Waals surface area contributed by atoms with Crippen molar-refractivity contribution in [1.82, 2.24) is 0 Å². The van der Waals surface area contributed by atoms with Crippen molar-refractivity contribution in [2.24, 2.45) is 5.92 Å². The van der Waals surface area contributed by atoms with Crippen LogP contribution in [0.1, 0.15) is 42.9 Å². The van der Waals surface area contributed by atoms with E-state index in [0.29, 0.717) is 0 Å². The second-order valence-electron chi connectivity index (χ2n) is 4.94. The second-order valence-corrected chi connectivity index (χ2v) is 7.39. The maximum atomic E-state index is 2.40. The number of hydrogen-bond acceptors (Lipinski definition) is 2. The Bertz CT molecular complexity index is 417. The van der Waals surface area contributed by atoms with E-state index in [0.717, 1.165) is 5.92 Å². The van der Waals surface area contributed by atoms with Crippen molar-refractivity contribution in [3.05, 3.63) is 21.9 Å². The van der Waals surface area contributed by atoms with E-state index in [9.17, 15) is 0 Å². The van der Waals surface area contributed by atoms with Crippen molar-refractivity contribution in [3.63, 3.8) is 0 Å². The Labute approximate surface area is 106 Å². The molecule has 2 rings (SSSR count). The monoisotopic (exact) mass is 252 g/mol. The van der Waals surface area contributed by atoms with Gasteiger partial charge >= 0.3 is 0 Å². The third kappa shape index (κ3) is 3.08. The highest BCUT2D eigenvalue weighted by Crippen LogP contribution is 2.33. The summed E-state index contributed by atoms with van der Waals surface area (Å²) in [5.74, 6) is 0.856. The SMILES string of the molecule is Cc1cc2sc(CCCCC(C)C)cc2s1. The summed E-state index contributed by atoms with van der Waals surface area (Å²) < 4.78 is 2.97. The molecule has 0 atom stereocenters. The molecule has 0 aliphatic carbocycles. The molecule has 2 aromatic heterocycles. The summed E-state index contributed by atoms with van der Waals surface area (Å²) >= 11 is 3.91. The molecule has 88 valence electrons. The van der Waals surface area contributed by atoms with Gasteiger partial charge in [-0.05, 0) is 37.8 Å². The molecule has 0 aliphatic rings. The predicted octanol–water partition coefficient (Wildman–Crippen LogP) is 5.64. The normalized spacial score (nSPS) is 11.8. The molecule has 0 aromatic carbocycles. The Balaban J connectivity index is 1.87. The Morgan fingerprint density at radius 1 is 1.06 bits per heavy atom. The van der Waals surface area contributed by atoms with Crippen LogP contribution >= 0.6 is 22.7 Å². The lowest BCUT2D eigenvalue weighted by molar-refractivity contribution is 0.539. The van der Waals surface area contributed by atoms with E-state index >= 15 is 0 Å². The van der Waals surface area contributed by atoms with Crippen LogP contribution in [0.4, 0.5) is 0 Å². The van der Waals surface area contributed by atoms with Crippen LogP contribution in [0.3, 0.4) is 0 Å². The van der Waals surface area contributed by atoms with E-state index < -0.39 is 0 Å².